The summed E-state index contributed by atoms with van der Waals surface area (Å²) >= 11 is 0. The molecule has 0 amide bonds. The van der Waals surface area contributed by atoms with Gasteiger partial charge in [-0.1, -0.05) is 12.1 Å². The maximum Gasteiger partial charge on any atom is 0.222 e. The van der Waals surface area contributed by atoms with E-state index in [1.807, 2.05) is 0 Å². The number of aromatic nitrogens is 4. The Morgan fingerprint density at radius 1 is 1.28 bits per heavy atom. The van der Waals surface area contributed by atoms with Crippen LogP contribution in [0.2, 0.25) is 0 Å². The number of rotatable bonds is 1. The van der Waals surface area contributed by atoms with Crippen LogP contribution in [0.1, 0.15) is 5.56 Å². The summed E-state index contributed by atoms with van der Waals surface area (Å²) in [5.74, 6) is -0.149. The first-order valence-electron chi connectivity index (χ1n) is 5.38. The molecule has 0 atom stereocenters. The highest BCUT2D eigenvalue weighted by Crippen LogP contribution is 2.26. The summed E-state index contributed by atoms with van der Waals surface area (Å²) in [6.07, 6.45) is 1.60. The number of halogens is 1. The van der Waals surface area contributed by atoms with Crippen molar-refractivity contribution in [2.24, 2.45) is 0 Å². The number of aromatic amines is 1. The van der Waals surface area contributed by atoms with Crippen LogP contribution in [0.3, 0.4) is 0 Å². The zero-order chi connectivity index (χ0) is 12.7. The fourth-order valence-corrected chi connectivity index (χ4v) is 1.81. The molecule has 0 radical (unpaired) electrons. The molecule has 90 valence electrons. The Balaban J connectivity index is 2.30. The minimum absolute atomic E-state index is 0.128. The molecule has 0 saturated heterocycles. The van der Waals surface area contributed by atoms with Gasteiger partial charge in [0.1, 0.15) is 5.82 Å². The van der Waals surface area contributed by atoms with E-state index < -0.39 is 0 Å². The molecule has 18 heavy (non-hydrogen) atoms. The van der Waals surface area contributed by atoms with E-state index in [2.05, 4.69) is 20.2 Å². The average molecular weight is 243 g/mol. The number of hydrogen-bond donors (Lipinski definition) is 2. The molecule has 0 bridgehead atoms. The maximum atomic E-state index is 13.6. The molecule has 1 aromatic carbocycles. The number of benzene rings is 1. The van der Waals surface area contributed by atoms with E-state index in [9.17, 15) is 4.39 Å². The second-order valence-corrected chi connectivity index (χ2v) is 4.03. The molecule has 6 heteroatoms. The molecule has 3 N–H and O–H groups in total. The second-order valence-electron chi connectivity index (χ2n) is 4.03. The number of aryl methyl sites for hydroxylation is 1. The van der Waals surface area contributed by atoms with Crippen molar-refractivity contribution in [2.45, 2.75) is 6.92 Å². The van der Waals surface area contributed by atoms with Gasteiger partial charge in [-0.2, -0.15) is 10.1 Å². The van der Waals surface area contributed by atoms with Crippen LogP contribution in [0.25, 0.3) is 22.3 Å². The van der Waals surface area contributed by atoms with Crippen LogP contribution in [0.5, 0.6) is 0 Å². The first kappa shape index (κ1) is 10.6. The van der Waals surface area contributed by atoms with Crippen molar-refractivity contribution in [3.05, 3.63) is 35.8 Å². The normalized spacial score (nSPS) is 11.0. The topological polar surface area (TPSA) is 80.5 Å². The standard InChI is InChI=1S/C12H10FN5/c1-6-2-3-7(4-9(6)13)10-8-5-15-18-11(8)17-12(14)16-10/h2-5H,1H3,(H3,14,15,16,17,18). The lowest BCUT2D eigenvalue weighted by Gasteiger charge is -2.04. The van der Waals surface area contributed by atoms with Gasteiger partial charge in [0.05, 0.1) is 17.3 Å². The molecule has 5 nitrogen and oxygen atoms in total. The van der Waals surface area contributed by atoms with Crippen LogP contribution in [-0.2, 0) is 0 Å². The lowest BCUT2D eigenvalue weighted by Crippen LogP contribution is -1.97. The third-order valence-electron chi connectivity index (χ3n) is 2.77. The second kappa shape index (κ2) is 3.76. The molecule has 3 aromatic rings. The van der Waals surface area contributed by atoms with Crippen molar-refractivity contribution in [1.29, 1.82) is 0 Å². The monoisotopic (exact) mass is 243 g/mol. The zero-order valence-electron chi connectivity index (χ0n) is 9.61. The van der Waals surface area contributed by atoms with Crippen LogP contribution >= 0.6 is 0 Å². The van der Waals surface area contributed by atoms with E-state index in [1.165, 1.54) is 6.07 Å². The van der Waals surface area contributed by atoms with Crippen molar-refractivity contribution >= 4 is 17.0 Å². The third kappa shape index (κ3) is 1.58. The molecule has 0 fully saturated rings. The molecule has 0 aliphatic carbocycles. The SMILES string of the molecule is Cc1ccc(-c2nc(N)nc3[nH]ncc23)cc1F. The number of nitrogens with zero attached hydrogens (tertiary/aromatic N) is 3. The highest BCUT2D eigenvalue weighted by molar-refractivity contribution is 5.90. The third-order valence-corrected chi connectivity index (χ3v) is 2.77. The summed E-state index contributed by atoms with van der Waals surface area (Å²) in [7, 11) is 0. The van der Waals surface area contributed by atoms with Crippen LogP contribution in [0, 0.1) is 12.7 Å². The largest absolute Gasteiger partial charge is 0.368 e. The van der Waals surface area contributed by atoms with Crippen LogP contribution in [-0.4, -0.2) is 20.2 Å². The van der Waals surface area contributed by atoms with Crippen molar-refractivity contribution < 1.29 is 4.39 Å². The lowest BCUT2D eigenvalue weighted by molar-refractivity contribution is 0.619. The number of H-pyrrole nitrogens is 1. The van der Waals surface area contributed by atoms with Gasteiger partial charge in [0.25, 0.3) is 0 Å². The van der Waals surface area contributed by atoms with Crippen LogP contribution in [0.4, 0.5) is 10.3 Å². The van der Waals surface area contributed by atoms with Gasteiger partial charge < -0.3 is 5.73 Å². The Hall–Kier alpha value is -2.50. The summed E-state index contributed by atoms with van der Waals surface area (Å²) in [6, 6.07) is 4.94. The Labute approximate surface area is 102 Å². The van der Waals surface area contributed by atoms with Gasteiger partial charge in [-0.25, -0.2) is 9.37 Å². The molecule has 0 spiro atoms. The Kier molecular flexibility index (Phi) is 2.22. The van der Waals surface area contributed by atoms with Crippen LogP contribution in [0.15, 0.2) is 24.4 Å². The van der Waals surface area contributed by atoms with E-state index in [4.69, 9.17) is 5.73 Å². The summed E-state index contributed by atoms with van der Waals surface area (Å²) in [4.78, 5) is 8.17. The van der Waals surface area contributed by atoms with Crippen molar-refractivity contribution in [3.8, 4) is 11.3 Å². The summed E-state index contributed by atoms with van der Waals surface area (Å²) in [5, 5.41) is 7.33. The van der Waals surface area contributed by atoms with E-state index in [1.54, 1.807) is 25.3 Å². The van der Waals surface area contributed by atoms with Crippen molar-refractivity contribution in [2.75, 3.05) is 5.73 Å². The fraction of sp³-hybridized carbons (Fsp3) is 0.0833. The predicted octanol–water partition coefficient (Wildman–Crippen LogP) is 2.05. The Morgan fingerprint density at radius 2 is 2.11 bits per heavy atom. The Morgan fingerprint density at radius 3 is 2.89 bits per heavy atom. The first-order chi connectivity index (χ1) is 8.65. The van der Waals surface area contributed by atoms with Gasteiger partial charge >= 0.3 is 0 Å². The van der Waals surface area contributed by atoms with Gasteiger partial charge in [0, 0.05) is 5.56 Å². The number of hydrogen-bond acceptors (Lipinski definition) is 4. The molecule has 0 unspecified atom stereocenters. The number of fused-ring (bicyclic) bond motifs is 1. The van der Waals surface area contributed by atoms with Gasteiger partial charge in [0.2, 0.25) is 5.95 Å². The summed E-state index contributed by atoms with van der Waals surface area (Å²) < 4.78 is 13.6. The molecule has 2 heterocycles. The first-order valence-corrected chi connectivity index (χ1v) is 5.38. The number of nitrogens with two attached hydrogens (primary N) is 1. The number of nitrogens with one attached hydrogen (secondary N) is 1. The van der Waals surface area contributed by atoms with Gasteiger partial charge in [-0.15, -0.1) is 0 Å². The zero-order valence-corrected chi connectivity index (χ0v) is 9.61. The van der Waals surface area contributed by atoms with Crippen molar-refractivity contribution in [1.82, 2.24) is 20.2 Å². The Bertz CT molecular complexity index is 734. The fourth-order valence-electron chi connectivity index (χ4n) is 1.81. The number of anilines is 1. The molecular weight excluding hydrogens is 233 g/mol. The smallest absolute Gasteiger partial charge is 0.222 e. The molecule has 0 saturated carbocycles. The summed E-state index contributed by atoms with van der Waals surface area (Å²) in [6.45, 7) is 1.71. The molecule has 3 rings (SSSR count). The van der Waals surface area contributed by atoms with E-state index >= 15 is 0 Å². The predicted molar refractivity (Wildman–Crippen MR) is 66.2 cm³/mol. The average Bonchev–Trinajstić information content (AvgIpc) is 2.79. The molecule has 2 aromatic heterocycles. The van der Waals surface area contributed by atoms with Gasteiger partial charge in [0.15, 0.2) is 5.65 Å². The minimum Gasteiger partial charge on any atom is -0.368 e. The summed E-state index contributed by atoms with van der Waals surface area (Å²) in [5.41, 5.74) is 7.98. The van der Waals surface area contributed by atoms with E-state index in [0.29, 0.717) is 27.9 Å². The van der Waals surface area contributed by atoms with Gasteiger partial charge in [-0.05, 0) is 18.6 Å². The highest BCUT2D eigenvalue weighted by Gasteiger charge is 2.11. The van der Waals surface area contributed by atoms with E-state index in [-0.39, 0.29) is 11.8 Å². The van der Waals surface area contributed by atoms with Crippen LogP contribution < -0.4 is 5.73 Å². The van der Waals surface area contributed by atoms with Gasteiger partial charge in [-0.3, -0.25) is 5.10 Å². The highest BCUT2D eigenvalue weighted by atomic mass is 19.1. The van der Waals surface area contributed by atoms with E-state index in [0.717, 1.165) is 0 Å². The lowest BCUT2D eigenvalue weighted by atomic mass is 10.1. The molecule has 0 aliphatic rings. The number of nitrogen functional groups attached to an aromatic ring is 1. The van der Waals surface area contributed by atoms with Crippen molar-refractivity contribution in [3.63, 3.8) is 0 Å². The molecule has 0 aliphatic heterocycles. The minimum atomic E-state index is -0.277. The molecular formula is C12H10FN5. The maximum absolute atomic E-state index is 13.6. The quantitative estimate of drug-likeness (QED) is 0.685.